The smallest absolute Gasteiger partial charge is 0.224 e. The van der Waals surface area contributed by atoms with Crippen LogP contribution in [0.25, 0.3) is 0 Å². The SMILES string of the molecule is O=C(CCCn1ccnc1)Nc1c(F)cccc1NC1CC1. The van der Waals surface area contributed by atoms with Crippen molar-refractivity contribution in [2.75, 3.05) is 10.6 Å². The van der Waals surface area contributed by atoms with Gasteiger partial charge in [-0.25, -0.2) is 9.37 Å². The number of carbonyl (C=O) groups is 1. The number of para-hydroxylation sites is 1. The molecule has 1 aliphatic carbocycles. The Morgan fingerprint density at radius 3 is 3.00 bits per heavy atom. The molecule has 1 amide bonds. The highest BCUT2D eigenvalue weighted by Gasteiger charge is 2.23. The van der Waals surface area contributed by atoms with Gasteiger partial charge in [0, 0.05) is 31.4 Å². The zero-order valence-electron chi connectivity index (χ0n) is 12.3. The van der Waals surface area contributed by atoms with Crippen molar-refractivity contribution in [3.05, 3.63) is 42.7 Å². The van der Waals surface area contributed by atoms with E-state index in [2.05, 4.69) is 15.6 Å². The van der Waals surface area contributed by atoms with Gasteiger partial charge in [-0.1, -0.05) is 6.07 Å². The van der Waals surface area contributed by atoms with Crippen LogP contribution in [0.5, 0.6) is 0 Å². The van der Waals surface area contributed by atoms with Crippen LogP contribution in [0.2, 0.25) is 0 Å². The molecule has 1 aromatic carbocycles. The molecule has 116 valence electrons. The van der Waals surface area contributed by atoms with Crippen LogP contribution >= 0.6 is 0 Å². The number of amides is 1. The Kier molecular flexibility index (Phi) is 4.37. The summed E-state index contributed by atoms with van der Waals surface area (Å²) >= 11 is 0. The Bertz CT molecular complexity index is 638. The van der Waals surface area contributed by atoms with Crippen LogP contribution in [0.15, 0.2) is 36.9 Å². The fraction of sp³-hybridized carbons (Fsp3) is 0.375. The standard InChI is InChI=1S/C16H19FN4O/c17-13-3-1-4-14(19-12-6-7-12)16(13)20-15(22)5-2-9-21-10-8-18-11-21/h1,3-4,8,10-12,19H,2,5-7,9H2,(H,20,22). The van der Waals surface area contributed by atoms with Crippen molar-refractivity contribution in [3.8, 4) is 0 Å². The van der Waals surface area contributed by atoms with Crippen molar-refractivity contribution in [3.63, 3.8) is 0 Å². The second kappa shape index (κ2) is 6.60. The molecule has 0 aliphatic heterocycles. The molecule has 1 saturated carbocycles. The minimum atomic E-state index is -0.409. The van der Waals surface area contributed by atoms with E-state index in [4.69, 9.17) is 0 Å². The van der Waals surface area contributed by atoms with Crippen molar-refractivity contribution in [2.24, 2.45) is 0 Å². The molecular formula is C16H19FN4O. The number of benzene rings is 1. The summed E-state index contributed by atoms with van der Waals surface area (Å²) in [6.45, 7) is 0.720. The highest BCUT2D eigenvalue weighted by atomic mass is 19.1. The van der Waals surface area contributed by atoms with Gasteiger partial charge in [0.2, 0.25) is 5.91 Å². The van der Waals surface area contributed by atoms with E-state index in [9.17, 15) is 9.18 Å². The van der Waals surface area contributed by atoms with Gasteiger partial charge in [0.15, 0.2) is 0 Å². The monoisotopic (exact) mass is 302 g/mol. The minimum Gasteiger partial charge on any atom is -0.381 e. The second-order valence-electron chi connectivity index (χ2n) is 5.53. The van der Waals surface area contributed by atoms with Crippen molar-refractivity contribution >= 4 is 17.3 Å². The van der Waals surface area contributed by atoms with Gasteiger partial charge in [0.1, 0.15) is 11.5 Å². The summed E-state index contributed by atoms with van der Waals surface area (Å²) in [6, 6.07) is 5.20. The van der Waals surface area contributed by atoms with Crippen molar-refractivity contribution < 1.29 is 9.18 Å². The van der Waals surface area contributed by atoms with Gasteiger partial charge in [-0.2, -0.15) is 0 Å². The van der Waals surface area contributed by atoms with Crippen LogP contribution in [0, 0.1) is 5.82 Å². The Labute approximate surface area is 128 Å². The largest absolute Gasteiger partial charge is 0.381 e. The zero-order valence-corrected chi connectivity index (χ0v) is 12.3. The van der Waals surface area contributed by atoms with Crippen LogP contribution < -0.4 is 10.6 Å². The molecule has 3 rings (SSSR count). The Morgan fingerprint density at radius 1 is 1.41 bits per heavy atom. The predicted octanol–water partition coefficient (Wildman–Crippen LogP) is 3.02. The molecular weight excluding hydrogens is 283 g/mol. The van der Waals surface area contributed by atoms with Gasteiger partial charge in [0.05, 0.1) is 12.0 Å². The van der Waals surface area contributed by atoms with Crippen molar-refractivity contribution in [2.45, 2.75) is 38.3 Å². The number of aryl methyl sites for hydroxylation is 1. The molecule has 1 fully saturated rings. The van der Waals surface area contributed by atoms with E-state index in [0.717, 1.165) is 19.4 Å². The van der Waals surface area contributed by atoms with E-state index in [-0.39, 0.29) is 11.6 Å². The van der Waals surface area contributed by atoms with Crippen molar-refractivity contribution in [1.82, 2.24) is 9.55 Å². The average Bonchev–Trinajstić information content (AvgIpc) is 3.15. The lowest BCUT2D eigenvalue weighted by atomic mass is 10.2. The fourth-order valence-corrected chi connectivity index (χ4v) is 2.26. The van der Waals surface area contributed by atoms with E-state index in [0.29, 0.717) is 24.6 Å². The third-order valence-corrected chi connectivity index (χ3v) is 3.59. The fourth-order valence-electron chi connectivity index (χ4n) is 2.26. The zero-order chi connectivity index (χ0) is 15.4. The maximum atomic E-state index is 14.0. The highest BCUT2D eigenvalue weighted by Crippen LogP contribution is 2.31. The first kappa shape index (κ1) is 14.6. The summed E-state index contributed by atoms with van der Waals surface area (Å²) in [4.78, 5) is 16.0. The molecule has 1 aromatic heterocycles. The van der Waals surface area contributed by atoms with Gasteiger partial charge >= 0.3 is 0 Å². The molecule has 0 atom stereocenters. The molecule has 22 heavy (non-hydrogen) atoms. The third-order valence-electron chi connectivity index (χ3n) is 3.59. The lowest BCUT2D eigenvalue weighted by molar-refractivity contribution is -0.116. The first-order valence-electron chi connectivity index (χ1n) is 7.53. The van der Waals surface area contributed by atoms with E-state index < -0.39 is 5.82 Å². The summed E-state index contributed by atoms with van der Waals surface area (Å²) in [5, 5.41) is 5.93. The molecule has 0 unspecified atom stereocenters. The van der Waals surface area contributed by atoms with Crippen molar-refractivity contribution in [1.29, 1.82) is 0 Å². The molecule has 5 nitrogen and oxygen atoms in total. The molecule has 0 saturated heterocycles. The van der Waals surface area contributed by atoms with Gasteiger partial charge < -0.3 is 15.2 Å². The number of anilines is 2. The predicted molar refractivity (Wildman–Crippen MR) is 83.1 cm³/mol. The van der Waals surface area contributed by atoms with Crippen LogP contribution in [-0.4, -0.2) is 21.5 Å². The van der Waals surface area contributed by atoms with Crippen LogP contribution in [-0.2, 0) is 11.3 Å². The third kappa shape index (κ3) is 3.84. The summed E-state index contributed by atoms with van der Waals surface area (Å²) in [6.07, 6.45) is 8.48. The molecule has 1 aliphatic rings. The molecule has 1 heterocycles. The molecule has 0 bridgehead atoms. The van der Waals surface area contributed by atoms with Crippen LogP contribution in [0.1, 0.15) is 25.7 Å². The Morgan fingerprint density at radius 2 is 2.27 bits per heavy atom. The molecule has 0 radical (unpaired) electrons. The number of halogens is 1. The van der Waals surface area contributed by atoms with Gasteiger partial charge in [-0.15, -0.1) is 0 Å². The Balaban J connectivity index is 1.56. The number of imidazole rings is 1. The Hall–Kier alpha value is -2.37. The number of nitrogens with zero attached hydrogens (tertiary/aromatic N) is 2. The number of aromatic nitrogens is 2. The number of hydrogen-bond donors (Lipinski definition) is 2. The van der Waals surface area contributed by atoms with Crippen LogP contribution in [0.3, 0.4) is 0 Å². The van der Waals surface area contributed by atoms with E-state index >= 15 is 0 Å². The van der Waals surface area contributed by atoms with Gasteiger partial charge in [-0.3, -0.25) is 4.79 Å². The van der Waals surface area contributed by atoms with E-state index in [1.807, 2.05) is 10.8 Å². The topological polar surface area (TPSA) is 59.0 Å². The van der Waals surface area contributed by atoms with Crippen LogP contribution in [0.4, 0.5) is 15.8 Å². The molecule has 6 heteroatoms. The quantitative estimate of drug-likeness (QED) is 0.826. The first-order chi connectivity index (χ1) is 10.7. The summed E-state index contributed by atoms with van der Waals surface area (Å²) in [5.74, 6) is -0.585. The van der Waals surface area contributed by atoms with E-state index in [1.165, 1.54) is 6.07 Å². The normalized spacial score (nSPS) is 13.9. The lowest BCUT2D eigenvalue weighted by Gasteiger charge is -2.13. The number of nitrogens with one attached hydrogen (secondary N) is 2. The van der Waals surface area contributed by atoms with E-state index in [1.54, 1.807) is 24.7 Å². The highest BCUT2D eigenvalue weighted by molar-refractivity contribution is 5.94. The second-order valence-corrected chi connectivity index (χ2v) is 5.53. The maximum absolute atomic E-state index is 14.0. The summed E-state index contributed by atoms with van der Waals surface area (Å²) in [7, 11) is 0. The van der Waals surface area contributed by atoms with Gasteiger partial charge in [-0.05, 0) is 31.4 Å². The number of hydrogen-bond acceptors (Lipinski definition) is 3. The maximum Gasteiger partial charge on any atom is 0.224 e. The first-order valence-corrected chi connectivity index (χ1v) is 7.53. The summed E-state index contributed by atoms with van der Waals surface area (Å²) in [5.41, 5.74) is 0.910. The lowest BCUT2D eigenvalue weighted by Crippen LogP contribution is -2.15. The number of rotatable bonds is 7. The average molecular weight is 302 g/mol. The molecule has 2 aromatic rings. The van der Waals surface area contributed by atoms with Gasteiger partial charge in [0.25, 0.3) is 0 Å². The molecule has 0 spiro atoms. The molecule has 2 N–H and O–H groups in total. The minimum absolute atomic E-state index is 0.177. The number of carbonyl (C=O) groups excluding carboxylic acids is 1. The summed E-state index contributed by atoms with van der Waals surface area (Å²) < 4.78 is 15.9.